The van der Waals surface area contributed by atoms with E-state index in [4.69, 9.17) is 11.6 Å². The van der Waals surface area contributed by atoms with Crippen molar-refractivity contribution >= 4 is 34.8 Å². The molecule has 140 valence electrons. The van der Waals surface area contributed by atoms with Crippen LogP contribution in [0, 0.1) is 5.92 Å². The lowest BCUT2D eigenvalue weighted by molar-refractivity contribution is -0.122. The predicted molar refractivity (Wildman–Crippen MR) is 108 cm³/mol. The number of halogens is 1. The molecule has 1 unspecified atom stereocenters. The summed E-state index contributed by atoms with van der Waals surface area (Å²) < 4.78 is 0. The molecule has 0 bridgehead atoms. The van der Waals surface area contributed by atoms with Crippen LogP contribution in [0.1, 0.15) is 37.3 Å². The molecule has 2 aromatic carbocycles. The molecule has 6 heteroatoms. The smallest absolute Gasteiger partial charge is 0.240 e. The quantitative estimate of drug-likeness (QED) is 0.786. The minimum Gasteiger partial charge on any atom is -0.326 e. The number of nitrogens with zero attached hydrogens (tertiary/aromatic N) is 1. The average molecular weight is 384 g/mol. The largest absolute Gasteiger partial charge is 0.326 e. The van der Waals surface area contributed by atoms with Crippen molar-refractivity contribution in [3.05, 3.63) is 64.7 Å². The first kappa shape index (κ1) is 19.1. The number of amides is 2. The Labute approximate surface area is 163 Å². The highest BCUT2D eigenvalue weighted by Gasteiger charge is 2.23. The third-order valence-corrected chi connectivity index (χ3v) is 5.02. The van der Waals surface area contributed by atoms with E-state index in [0.29, 0.717) is 24.3 Å². The number of carbonyl (C=O) groups excluding carboxylic acids is 2. The zero-order valence-electron chi connectivity index (χ0n) is 15.2. The zero-order valence-corrected chi connectivity index (χ0v) is 15.9. The molecular weight excluding hydrogens is 362 g/mol. The third kappa shape index (κ3) is 4.95. The maximum atomic E-state index is 12.2. The van der Waals surface area contributed by atoms with Crippen LogP contribution in [-0.4, -0.2) is 17.5 Å². The van der Waals surface area contributed by atoms with Crippen LogP contribution in [0.15, 0.2) is 53.6 Å². The number of carbonyl (C=O) groups is 2. The molecule has 0 radical (unpaired) electrons. The number of nitrogens with one attached hydrogen (secondary N) is 2. The summed E-state index contributed by atoms with van der Waals surface area (Å²) in [5.41, 5.74) is 6.08. The van der Waals surface area contributed by atoms with E-state index in [9.17, 15) is 9.59 Å². The zero-order chi connectivity index (χ0) is 19.2. The van der Waals surface area contributed by atoms with Crippen molar-refractivity contribution in [2.75, 3.05) is 5.32 Å². The first-order chi connectivity index (χ1) is 13.1. The Morgan fingerprint density at radius 2 is 1.96 bits per heavy atom. The van der Waals surface area contributed by atoms with Gasteiger partial charge in [0.15, 0.2) is 0 Å². The van der Waals surface area contributed by atoms with Crippen molar-refractivity contribution < 1.29 is 9.59 Å². The molecule has 1 atom stereocenters. The van der Waals surface area contributed by atoms with Crippen LogP contribution in [0.3, 0.4) is 0 Å². The highest BCUT2D eigenvalue weighted by atomic mass is 35.5. The second kappa shape index (κ2) is 8.82. The number of benzene rings is 2. The van der Waals surface area contributed by atoms with Gasteiger partial charge >= 0.3 is 0 Å². The predicted octanol–water partition coefficient (Wildman–Crippen LogP) is 4.16. The number of hydrazone groups is 1. The standard InChI is InChI=1S/C21H22ClN3O2/c1-2-14-13-20(27)24-25-21(14)16-7-10-17(11-8-16)23-19(26)12-9-15-5-3-4-6-18(15)22/h3-8,10-11,14H,2,9,12-13H2,1H3,(H,23,26)(H,24,27). The monoisotopic (exact) mass is 383 g/mol. The second-order valence-electron chi connectivity index (χ2n) is 6.56. The normalized spacial score (nSPS) is 16.4. The van der Waals surface area contributed by atoms with Gasteiger partial charge < -0.3 is 5.32 Å². The number of hydrogen-bond acceptors (Lipinski definition) is 3. The highest BCUT2D eigenvalue weighted by molar-refractivity contribution is 6.31. The molecule has 2 N–H and O–H groups in total. The number of anilines is 1. The van der Waals surface area contributed by atoms with E-state index >= 15 is 0 Å². The van der Waals surface area contributed by atoms with Crippen molar-refractivity contribution in [3.63, 3.8) is 0 Å². The van der Waals surface area contributed by atoms with Crippen LogP contribution in [0.5, 0.6) is 0 Å². The van der Waals surface area contributed by atoms with Crippen molar-refractivity contribution in [3.8, 4) is 0 Å². The summed E-state index contributed by atoms with van der Waals surface area (Å²) in [7, 11) is 0. The lowest BCUT2D eigenvalue weighted by Gasteiger charge is -2.21. The molecule has 0 fully saturated rings. The van der Waals surface area contributed by atoms with Gasteiger partial charge in [-0.25, -0.2) is 5.43 Å². The van der Waals surface area contributed by atoms with Crippen LogP contribution in [0.4, 0.5) is 5.69 Å². The maximum absolute atomic E-state index is 12.2. The summed E-state index contributed by atoms with van der Waals surface area (Å²) in [6, 6.07) is 15.1. The fourth-order valence-electron chi connectivity index (χ4n) is 3.12. The molecule has 2 aromatic rings. The fraction of sp³-hybridized carbons (Fsp3) is 0.286. The molecule has 3 rings (SSSR count). The SMILES string of the molecule is CCC1CC(=O)NN=C1c1ccc(NC(=O)CCc2ccccc2Cl)cc1. The van der Waals surface area contributed by atoms with E-state index in [1.165, 1.54) is 0 Å². The van der Waals surface area contributed by atoms with Crippen molar-refractivity contribution in [2.24, 2.45) is 11.0 Å². The summed E-state index contributed by atoms with van der Waals surface area (Å²) in [5, 5.41) is 7.80. The molecule has 0 aromatic heterocycles. The number of hydrogen-bond donors (Lipinski definition) is 2. The molecule has 1 aliphatic heterocycles. The minimum atomic E-state index is -0.0589. The van der Waals surface area contributed by atoms with Gasteiger partial charge in [-0.15, -0.1) is 0 Å². The molecule has 1 aliphatic rings. The van der Waals surface area contributed by atoms with Crippen molar-refractivity contribution in [1.29, 1.82) is 0 Å². The molecule has 27 heavy (non-hydrogen) atoms. The Morgan fingerprint density at radius 3 is 2.67 bits per heavy atom. The van der Waals surface area contributed by atoms with E-state index in [1.54, 1.807) is 0 Å². The first-order valence-corrected chi connectivity index (χ1v) is 9.44. The summed E-state index contributed by atoms with van der Waals surface area (Å²) in [4.78, 5) is 23.7. The Kier molecular flexibility index (Phi) is 6.24. The molecular formula is C21H22ClN3O2. The minimum absolute atomic E-state index is 0.0481. The van der Waals surface area contributed by atoms with Crippen LogP contribution in [-0.2, 0) is 16.0 Å². The van der Waals surface area contributed by atoms with E-state index in [1.807, 2.05) is 55.5 Å². The summed E-state index contributed by atoms with van der Waals surface area (Å²) in [5.74, 6) is 0.0131. The van der Waals surface area contributed by atoms with Gasteiger partial charge in [0.05, 0.1) is 5.71 Å². The summed E-state index contributed by atoms with van der Waals surface area (Å²) in [6.07, 6.45) is 2.27. The van der Waals surface area contributed by atoms with Gasteiger partial charge in [0.1, 0.15) is 0 Å². The first-order valence-electron chi connectivity index (χ1n) is 9.07. The summed E-state index contributed by atoms with van der Waals surface area (Å²) >= 11 is 6.12. The Hall–Kier alpha value is -2.66. The van der Waals surface area contributed by atoms with Crippen LogP contribution in [0.25, 0.3) is 0 Å². The number of aryl methyl sites for hydroxylation is 1. The molecule has 1 heterocycles. The van der Waals surface area contributed by atoms with E-state index < -0.39 is 0 Å². The summed E-state index contributed by atoms with van der Waals surface area (Å²) in [6.45, 7) is 2.05. The van der Waals surface area contributed by atoms with E-state index in [0.717, 1.165) is 28.9 Å². The Morgan fingerprint density at radius 1 is 1.22 bits per heavy atom. The third-order valence-electron chi connectivity index (χ3n) is 4.66. The van der Waals surface area contributed by atoms with Crippen molar-refractivity contribution in [2.45, 2.75) is 32.6 Å². The molecule has 0 saturated heterocycles. The fourth-order valence-corrected chi connectivity index (χ4v) is 3.35. The number of rotatable bonds is 6. The van der Waals surface area contributed by atoms with Crippen LogP contribution >= 0.6 is 11.6 Å². The maximum Gasteiger partial charge on any atom is 0.240 e. The van der Waals surface area contributed by atoms with Gasteiger partial charge in [-0.2, -0.15) is 5.10 Å². The molecule has 2 amide bonds. The topological polar surface area (TPSA) is 70.6 Å². The van der Waals surface area contributed by atoms with Gasteiger partial charge in [-0.3, -0.25) is 9.59 Å². The van der Waals surface area contributed by atoms with Gasteiger partial charge in [0.25, 0.3) is 0 Å². The van der Waals surface area contributed by atoms with Gasteiger partial charge in [-0.05, 0) is 42.2 Å². The Balaban J connectivity index is 1.60. The molecule has 0 saturated carbocycles. The van der Waals surface area contributed by atoms with E-state index in [-0.39, 0.29) is 17.7 Å². The van der Waals surface area contributed by atoms with Crippen LogP contribution < -0.4 is 10.7 Å². The second-order valence-corrected chi connectivity index (χ2v) is 6.97. The Bertz CT molecular complexity index is 862. The average Bonchev–Trinajstić information content (AvgIpc) is 2.68. The van der Waals surface area contributed by atoms with Gasteiger partial charge in [0.2, 0.25) is 11.8 Å². The van der Waals surface area contributed by atoms with Gasteiger partial charge in [0, 0.05) is 29.5 Å². The lowest BCUT2D eigenvalue weighted by Crippen LogP contribution is -2.33. The van der Waals surface area contributed by atoms with E-state index in [2.05, 4.69) is 15.8 Å². The van der Waals surface area contributed by atoms with Crippen LogP contribution in [0.2, 0.25) is 5.02 Å². The van der Waals surface area contributed by atoms with Crippen molar-refractivity contribution in [1.82, 2.24) is 5.43 Å². The molecule has 5 nitrogen and oxygen atoms in total. The highest BCUT2D eigenvalue weighted by Crippen LogP contribution is 2.22. The molecule has 0 spiro atoms. The lowest BCUT2D eigenvalue weighted by atomic mass is 9.90. The van der Waals surface area contributed by atoms with Gasteiger partial charge in [-0.1, -0.05) is 48.9 Å². The molecule has 0 aliphatic carbocycles.